The lowest BCUT2D eigenvalue weighted by Crippen LogP contribution is -2.13. The van der Waals surface area contributed by atoms with Gasteiger partial charge in [0.05, 0.1) is 13.0 Å². The minimum absolute atomic E-state index is 0.0792. The first-order valence-electron chi connectivity index (χ1n) is 5.44. The Labute approximate surface area is 91.5 Å². The van der Waals surface area contributed by atoms with Crippen LogP contribution in [-0.2, 0) is 14.3 Å². The van der Waals surface area contributed by atoms with Gasteiger partial charge in [0.25, 0.3) is 0 Å². The van der Waals surface area contributed by atoms with Crippen molar-refractivity contribution in [3.8, 4) is 0 Å². The number of unbranched alkanes of at least 4 members (excludes halogenated alkanes) is 2. The van der Waals surface area contributed by atoms with Crippen molar-refractivity contribution >= 4 is 11.7 Å². The summed E-state index contributed by atoms with van der Waals surface area (Å²) >= 11 is 0. The molecule has 0 bridgehead atoms. The van der Waals surface area contributed by atoms with Crippen molar-refractivity contribution in [2.75, 3.05) is 19.8 Å². The fraction of sp³-hybridized carbons (Fsp3) is 0.818. The van der Waals surface area contributed by atoms with Crippen LogP contribution in [0.25, 0.3) is 0 Å². The van der Waals surface area contributed by atoms with E-state index >= 15 is 0 Å². The standard InChI is InChI=1S/C11H21NO3/c1-3-4-5-6-14-7-8-15-11(13)9-10(2)12/h12H,3-9H2,1-2H3. The van der Waals surface area contributed by atoms with Gasteiger partial charge in [-0.3, -0.25) is 4.79 Å². The SMILES string of the molecule is CCCCCOCCOC(=O)CC(C)=N. The third kappa shape index (κ3) is 11.0. The maximum atomic E-state index is 11.0. The fourth-order valence-electron chi connectivity index (χ4n) is 1.04. The second kappa shape index (κ2) is 9.65. The van der Waals surface area contributed by atoms with Crippen LogP contribution in [-0.4, -0.2) is 31.5 Å². The van der Waals surface area contributed by atoms with Crippen LogP contribution in [0.5, 0.6) is 0 Å². The normalized spacial score (nSPS) is 10.0. The van der Waals surface area contributed by atoms with Crippen LogP contribution < -0.4 is 0 Å². The molecule has 0 rings (SSSR count). The van der Waals surface area contributed by atoms with E-state index in [4.69, 9.17) is 14.9 Å². The molecule has 1 N–H and O–H groups in total. The molecule has 0 aromatic carbocycles. The van der Waals surface area contributed by atoms with Crippen LogP contribution in [0.15, 0.2) is 0 Å². The van der Waals surface area contributed by atoms with Gasteiger partial charge in [-0.05, 0) is 13.3 Å². The van der Waals surface area contributed by atoms with E-state index in [0.717, 1.165) is 13.0 Å². The third-order valence-corrected chi connectivity index (χ3v) is 1.79. The predicted octanol–water partition coefficient (Wildman–Crippen LogP) is 2.17. The van der Waals surface area contributed by atoms with Gasteiger partial charge in [0.2, 0.25) is 0 Å². The molecule has 0 saturated heterocycles. The Kier molecular flexibility index (Phi) is 9.07. The zero-order valence-electron chi connectivity index (χ0n) is 9.67. The summed E-state index contributed by atoms with van der Waals surface area (Å²) in [5.41, 5.74) is 0.323. The van der Waals surface area contributed by atoms with E-state index in [1.807, 2.05) is 0 Å². The molecule has 0 amide bonds. The largest absolute Gasteiger partial charge is 0.463 e. The van der Waals surface area contributed by atoms with E-state index in [-0.39, 0.29) is 19.0 Å². The van der Waals surface area contributed by atoms with E-state index in [9.17, 15) is 4.79 Å². The van der Waals surface area contributed by atoms with Crippen molar-refractivity contribution in [2.24, 2.45) is 0 Å². The highest BCUT2D eigenvalue weighted by Crippen LogP contribution is 1.94. The Balaban J connectivity index is 3.16. The molecule has 0 unspecified atom stereocenters. The van der Waals surface area contributed by atoms with Crippen molar-refractivity contribution in [3.63, 3.8) is 0 Å². The van der Waals surface area contributed by atoms with Crippen molar-refractivity contribution < 1.29 is 14.3 Å². The van der Waals surface area contributed by atoms with Crippen molar-refractivity contribution in [1.82, 2.24) is 0 Å². The summed E-state index contributed by atoms with van der Waals surface area (Å²) in [5, 5.41) is 7.09. The number of hydrogen-bond donors (Lipinski definition) is 1. The number of ether oxygens (including phenoxy) is 2. The van der Waals surface area contributed by atoms with Gasteiger partial charge in [-0.2, -0.15) is 0 Å². The Hall–Kier alpha value is -0.900. The molecule has 0 aliphatic heterocycles. The number of esters is 1. The van der Waals surface area contributed by atoms with Gasteiger partial charge >= 0.3 is 5.97 Å². The van der Waals surface area contributed by atoms with Crippen LogP contribution in [0.3, 0.4) is 0 Å². The maximum Gasteiger partial charge on any atom is 0.311 e. The molecule has 0 spiro atoms. The van der Waals surface area contributed by atoms with Gasteiger partial charge in [0, 0.05) is 12.3 Å². The third-order valence-electron chi connectivity index (χ3n) is 1.79. The minimum Gasteiger partial charge on any atom is -0.463 e. The smallest absolute Gasteiger partial charge is 0.311 e. The lowest BCUT2D eigenvalue weighted by Gasteiger charge is -2.05. The summed E-state index contributed by atoms with van der Waals surface area (Å²) < 4.78 is 10.1. The van der Waals surface area contributed by atoms with E-state index in [1.165, 1.54) is 12.8 Å². The van der Waals surface area contributed by atoms with Crippen molar-refractivity contribution in [2.45, 2.75) is 39.5 Å². The van der Waals surface area contributed by atoms with Crippen LogP contribution in [0.4, 0.5) is 0 Å². The van der Waals surface area contributed by atoms with E-state index in [1.54, 1.807) is 6.92 Å². The highest BCUT2D eigenvalue weighted by atomic mass is 16.6. The molecule has 0 aromatic rings. The van der Waals surface area contributed by atoms with Gasteiger partial charge in [-0.25, -0.2) is 0 Å². The van der Waals surface area contributed by atoms with E-state index in [0.29, 0.717) is 12.3 Å². The predicted molar refractivity (Wildman–Crippen MR) is 59.3 cm³/mol. The van der Waals surface area contributed by atoms with E-state index in [2.05, 4.69) is 6.92 Å². The van der Waals surface area contributed by atoms with Crippen LogP contribution in [0.1, 0.15) is 39.5 Å². The molecule has 15 heavy (non-hydrogen) atoms. The number of carbonyl (C=O) groups is 1. The first-order valence-corrected chi connectivity index (χ1v) is 5.44. The Bertz CT molecular complexity index is 192. The second-order valence-corrected chi connectivity index (χ2v) is 3.50. The topological polar surface area (TPSA) is 59.4 Å². The summed E-state index contributed by atoms with van der Waals surface area (Å²) in [5.74, 6) is -0.348. The fourth-order valence-corrected chi connectivity index (χ4v) is 1.04. The quantitative estimate of drug-likeness (QED) is 0.364. The lowest BCUT2D eigenvalue weighted by atomic mass is 10.3. The number of hydrogen-bond acceptors (Lipinski definition) is 4. The first kappa shape index (κ1) is 14.1. The summed E-state index contributed by atoms with van der Waals surface area (Å²) in [6.45, 7) is 5.20. The molecule has 0 atom stereocenters. The highest BCUT2D eigenvalue weighted by molar-refractivity contribution is 5.95. The molecular weight excluding hydrogens is 194 g/mol. The van der Waals surface area contributed by atoms with Gasteiger partial charge in [-0.1, -0.05) is 19.8 Å². The Morgan fingerprint density at radius 3 is 2.53 bits per heavy atom. The molecule has 88 valence electrons. The molecule has 0 aliphatic carbocycles. The Morgan fingerprint density at radius 2 is 1.93 bits per heavy atom. The molecule has 0 heterocycles. The second-order valence-electron chi connectivity index (χ2n) is 3.50. The van der Waals surface area contributed by atoms with Crippen LogP contribution in [0, 0.1) is 5.41 Å². The number of rotatable bonds is 9. The average molecular weight is 215 g/mol. The monoisotopic (exact) mass is 215 g/mol. The van der Waals surface area contributed by atoms with Gasteiger partial charge < -0.3 is 14.9 Å². The van der Waals surface area contributed by atoms with E-state index < -0.39 is 0 Å². The molecule has 0 radical (unpaired) electrons. The lowest BCUT2D eigenvalue weighted by molar-refractivity contribution is -0.143. The highest BCUT2D eigenvalue weighted by Gasteiger charge is 2.02. The number of carbonyl (C=O) groups excluding carboxylic acids is 1. The molecule has 4 heteroatoms. The molecule has 0 aliphatic rings. The average Bonchev–Trinajstić information content (AvgIpc) is 2.15. The molecule has 0 saturated carbocycles. The van der Waals surface area contributed by atoms with Gasteiger partial charge in [0.1, 0.15) is 6.61 Å². The van der Waals surface area contributed by atoms with Crippen LogP contribution >= 0.6 is 0 Å². The van der Waals surface area contributed by atoms with Gasteiger partial charge in [0.15, 0.2) is 0 Å². The Morgan fingerprint density at radius 1 is 1.20 bits per heavy atom. The van der Waals surface area contributed by atoms with Crippen LogP contribution in [0.2, 0.25) is 0 Å². The zero-order chi connectivity index (χ0) is 11.5. The summed E-state index contributed by atoms with van der Waals surface area (Å²) in [7, 11) is 0. The maximum absolute atomic E-state index is 11.0. The molecular formula is C11H21NO3. The first-order chi connectivity index (χ1) is 7.16. The summed E-state index contributed by atoms with van der Waals surface area (Å²) in [6, 6.07) is 0. The molecule has 0 fully saturated rings. The van der Waals surface area contributed by atoms with Crippen molar-refractivity contribution in [1.29, 1.82) is 5.41 Å². The zero-order valence-corrected chi connectivity index (χ0v) is 9.67. The summed E-state index contributed by atoms with van der Waals surface area (Å²) in [6.07, 6.45) is 3.49. The molecule has 4 nitrogen and oxygen atoms in total. The summed E-state index contributed by atoms with van der Waals surface area (Å²) in [4.78, 5) is 11.0. The van der Waals surface area contributed by atoms with Crippen molar-refractivity contribution in [3.05, 3.63) is 0 Å². The minimum atomic E-state index is -0.348. The number of nitrogens with one attached hydrogen (secondary N) is 1. The van der Waals surface area contributed by atoms with Gasteiger partial charge in [-0.15, -0.1) is 0 Å². The molecule has 0 aromatic heterocycles.